The zero-order valence-corrected chi connectivity index (χ0v) is 12.9. The van der Waals surface area contributed by atoms with Gasteiger partial charge in [-0.05, 0) is 38.1 Å². The molecule has 0 saturated carbocycles. The molecule has 0 aliphatic rings. The molecular weight excluding hydrogens is 263 g/mol. The lowest BCUT2D eigenvalue weighted by molar-refractivity contribution is 1.47. The highest BCUT2D eigenvalue weighted by Crippen LogP contribution is 2.08. The second-order valence-electron chi connectivity index (χ2n) is 3.59. The van der Waals surface area contributed by atoms with Gasteiger partial charge in [-0.3, -0.25) is 0 Å². The quantitative estimate of drug-likeness (QED) is 0.530. The van der Waals surface area contributed by atoms with Crippen LogP contribution >= 0.6 is 23.2 Å². The first-order valence-corrected chi connectivity index (χ1v) is 6.78. The highest BCUT2D eigenvalue weighted by Gasteiger charge is 1.82. The van der Waals surface area contributed by atoms with E-state index in [-0.39, 0.29) is 0 Å². The van der Waals surface area contributed by atoms with Gasteiger partial charge >= 0.3 is 0 Å². The molecule has 0 bridgehead atoms. The maximum absolute atomic E-state index is 5.61. The van der Waals surface area contributed by atoms with E-state index >= 15 is 0 Å². The fraction of sp³-hybridized carbons (Fsp3) is 0.250. The second-order valence-corrected chi connectivity index (χ2v) is 4.46. The van der Waals surface area contributed by atoms with Crippen LogP contribution in [0.1, 0.15) is 25.0 Å². The van der Waals surface area contributed by atoms with Crippen LogP contribution < -0.4 is 0 Å². The van der Waals surface area contributed by atoms with Crippen LogP contribution in [0.15, 0.2) is 48.5 Å². The molecule has 2 aromatic rings. The minimum Gasteiger partial charge on any atom is -0.0843 e. The molecule has 0 aliphatic carbocycles. The van der Waals surface area contributed by atoms with Crippen molar-refractivity contribution in [3.63, 3.8) is 0 Å². The van der Waals surface area contributed by atoms with Crippen molar-refractivity contribution < 1.29 is 0 Å². The van der Waals surface area contributed by atoms with Gasteiger partial charge in [-0.1, -0.05) is 72.4 Å². The predicted octanol–water partition coefficient (Wildman–Crippen LogP) is 6.32. The lowest BCUT2D eigenvalue weighted by Crippen LogP contribution is -1.66. The topological polar surface area (TPSA) is 0 Å². The van der Waals surface area contributed by atoms with Crippen molar-refractivity contribution in [2.24, 2.45) is 0 Å². The monoisotopic (exact) mass is 282 g/mol. The molecule has 0 unspecified atom stereocenters. The van der Waals surface area contributed by atoms with Crippen LogP contribution in [-0.4, -0.2) is 0 Å². The molecule has 0 fully saturated rings. The van der Waals surface area contributed by atoms with E-state index in [1.54, 1.807) is 0 Å². The first kappa shape index (κ1) is 17.0. The number of rotatable bonds is 0. The number of halogens is 2. The SMILES string of the molecule is CC.Cc1ccc(Cl)cc1.Cc1ccc(Cl)cc1. The van der Waals surface area contributed by atoms with Crippen molar-refractivity contribution in [1.29, 1.82) is 0 Å². The first-order chi connectivity index (χ1) is 8.58. The molecule has 18 heavy (non-hydrogen) atoms. The lowest BCUT2D eigenvalue weighted by Gasteiger charge is -1.88. The largest absolute Gasteiger partial charge is 0.0843 e. The number of hydrogen-bond acceptors (Lipinski definition) is 0. The molecule has 0 N–H and O–H groups in total. The number of benzene rings is 2. The van der Waals surface area contributed by atoms with E-state index in [0.717, 1.165) is 10.0 Å². The average Bonchev–Trinajstić information content (AvgIpc) is 2.40. The third-order valence-electron chi connectivity index (χ3n) is 2.02. The van der Waals surface area contributed by atoms with Crippen LogP contribution in [0.2, 0.25) is 10.0 Å². The van der Waals surface area contributed by atoms with Gasteiger partial charge in [0.25, 0.3) is 0 Å². The molecule has 98 valence electrons. The summed E-state index contributed by atoms with van der Waals surface area (Å²) in [4.78, 5) is 0. The van der Waals surface area contributed by atoms with Crippen LogP contribution in [0.4, 0.5) is 0 Å². The van der Waals surface area contributed by atoms with Crippen molar-refractivity contribution >= 4 is 23.2 Å². The van der Waals surface area contributed by atoms with Gasteiger partial charge in [-0.25, -0.2) is 0 Å². The molecule has 2 heteroatoms. The van der Waals surface area contributed by atoms with E-state index in [4.69, 9.17) is 23.2 Å². The lowest BCUT2D eigenvalue weighted by atomic mass is 10.2. The Balaban J connectivity index is 0.000000283. The Morgan fingerprint density at radius 1 is 0.556 bits per heavy atom. The number of aryl methyl sites for hydroxylation is 2. The Bertz CT molecular complexity index is 330. The van der Waals surface area contributed by atoms with E-state index in [0.29, 0.717) is 0 Å². The molecule has 0 nitrogen and oxygen atoms in total. The molecule has 0 amide bonds. The molecule has 0 heterocycles. The van der Waals surface area contributed by atoms with Crippen LogP contribution in [0.5, 0.6) is 0 Å². The van der Waals surface area contributed by atoms with Crippen LogP contribution in [0, 0.1) is 13.8 Å². The van der Waals surface area contributed by atoms with Crippen molar-refractivity contribution in [3.8, 4) is 0 Å². The Morgan fingerprint density at radius 3 is 0.944 bits per heavy atom. The first-order valence-electron chi connectivity index (χ1n) is 6.02. The van der Waals surface area contributed by atoms with Gasteiger partial charge in [0.2, 0.25) is 0 Å². The summed E-state index contributed by atoms with van der Waals surface area (Å²) in [6.45, 7) is 8.08. The maximum Gasteiger partial charge on any atom is 0.0406 e. The summed E-state index contributed by atoms with van der Waals surface area (Å²) >= 11 is 11.2. The van der Waals surface area contributed by atoms with Gasteiger partial charge in [0.15, 0.2) is 0 Å². The smallest absolute Gasteiger partial charge is 0.0406 e. The summed E-state index contributed by atoms with van der Waals surface area (Å²) in [7, 11) is 0. The van der Waals surface area contributed by atoms with Crippen molar-refractivity contribution in [2.45, 2.75) is 27.7 Å². The highest BCUT2D eigenvalue weighted by molar-refractivity contribution is 6.30. The van der Waals surface area contributed by atoms with Crippen molar-refractivity contribution in [2.75, 3.05) is 0 Å². The highest BCUT2D eigenvalue weighted by atomic mass is 35.5. The third-order valence-corrected chi connectivity index (χ3v) is 2.53. The van der Waals surface area contributed by atoms with E-state index in [2.05, 4.69) is 0 Å². The molecule has 0 spiro atoms. The zero-order valence-electron chi connectivity index (χ0n) is 11.4. The minimum absolute atomic E-state index is 0.801. The second kappa shape index (κ2) is 9.99. The molecular formula is C16H20Cl2. The molecule has 2 aromatic carbocycles. The summed E-state index contributed by atoms with van der Waals surface area (Å²) in [6, 6.07) is 15.5. The van der Waals surface area contributed by atoms with E-state index in [1.807, 2.05) is 76.2 Å². The number of hydrogen-bond donors (Lipinski definition) is 0. The van der Waals surface area contributed by atoms with Gasteiger partial charge in [-0.2, -0.15) is 0 Å². The Morgan fingerprint density at radius 2 is 0.778 bits per heavy atom. The Kier molecular flexibility index (Phi) is 9.45. The fourth-order valence-corrected chi connectivity index (χ4v) is 1.32. The summed E-state index contributed by atoms with van der Waals surface area (Å²) < 4.78 is 0. The zero-order chi connectivity index (χ0) is 14.0. The molecule has 0 saturated heterocycles. The molecule has 0 radical (unpaired) electrons. The van der Waals surface area contributed by atoms with Gasteiger partial charge < -0.3 is 0 Å². The van der Waals surface area contributed by atoms with Crippen molar-refractivity contribution in [3.05, 3.63) is 69.7 Å². The third kappa shape index (κ3) is 8.16. The van der Waals surface area contributed by atoms with Crippen LogP contribution in [0.25, 0.3) is 0 Å². The molecule has 0 aliphatic heterocycles. The molecule has 0 aromatic heterocycles. The fourth-order valence-electron chi connectivity index (χ4n) is 1.07. The maximum atomic E-state index is 5.61. The minimum atomic E-state index is 0.801. The predicted molar refractivity (Wildman–Crippen MR) is 83.7 cm³/mol. The normalized spacial score (nSPS) is 8.56. The van der Waals surface area contributed by atoms with Gasteiger partial charge in [0.05, 0.1) is 0 Å². The summed E-state index contributed by atoms with van der Waals surface area (Å²) in [5, 5.41) is 1.60. The Labute approximate surface area is 121 Å². The van der Waals surface area contributed by atoms with Gasteiger partial charge in [0.1, 0.15) is 0 Å². The van der Waals surface area contributed by atoms with Crippen molar-refractivity contribution in [1.82, 2.24) is 0 Å². The van der Waals surface area contributed by atoms with E-state index in [1.165, 1.54) is 11.1 Å². The van der Waals surface area contributed by atoms with Crippen LogP contribution in [-0.2, 0) is 0 Å². The molecule has 0 atom stereocenters. The van der Waals surface area contributed by atoms with Crippen LogP contribution in [0.3, 0.4) is 0 Å². The summed E-state index contributed by atoms with van der Waals surface area (Å²) in [5.41, 5.74) is 2.49. The summed E-state index contributed by atoms with van der Waals surface area (Å²) in [5.74, 6) is 0. The standard InChI is InChI=1S/2C7H7Cl.C2H6/c2*1-6-2-4-7(8)5-3-6;1-2/h2*2-5H,1H3;1-2H3. The van der Waals surface area contributed by atoms with Gasteiger partial charge in [-0.15, -0.1) is 0 Å². The van der Waals surface area contributed by atoms with E-state index < -0.39 is 0 Å². The molecule has 2 rings (SSSR count). The van der Waals surface area contributed by atoms with Gasteiger partial charge in [0, 0.05) is 10.0 Å². The Hall–Kier alpha value is -0.980. The average molecular weight is 283 g/mol. The van der Waals surface area contributed by atoms with E-state index in [9.17, 15) is 0 Å². The summed E-state index contributed by atoms with van der Waals surface area (Å²) in [6.07, 6.45) is 0.